The maximum Gasteiger partial charge on any atom is 0.195 e. The van der Waals surface area contributed by atoms with Crippen LogP contribution < -0.4 is 15.6 Å². The highest BCUT2D eigenvalue weighted by atomic mass is 35.5. The van der Waals surface area contributed by atoms with Crippen molar-refractivity contribution in [1.82, 2.24) is 4.90 Å². The summed E-state index contributed by atoms with van der Waals surface area (Å²) >= 11 is 6.26. The third-order valence-electron chi connectivity index (χ3n) is 3.44. The average molecular weight is 254 g/mol. The first-order valence-electron chi connectivity index (χ1n) is 5.92. The Morgan fingerprint density at radius 1 is 1.35 bits per heavy atom. The van der Waals surface area contributed by atoms with Crippen LogP contribution in [0, 0.1) is 0 Å². The molecular formula is C12H16ClN3O. The largest absolute Gasteiger partial charge is 0.470 e. The summed E-state index contributed by atoms with van der Waals surface area (Å²) in [6.45, 7) is 3.13. The summed E-state index contributed by atoms with van der Waals surface area (Å²) in [6, 6.07) is 7.74. The zero-order chi connectivity index (χ0) is 11.8. The van der Waals surface area contributed by atoms with E-state index < -0.39 is 5.56 Å². The number of para-hydroxylation sites is 2. The van der Waals surface area contributed by atoms with E-state index in [4.69, 9.17) is 22.2 Å². The van der Waals surface area contributed by atoms with Gasteiger partial charge in [0.2, 0.25) is 0 Å². The molecule has 0 aromatic heterocycles. The van der Waals surface area contributed by atoms with Crippen molar-refractivity contribution in [3.05, 3.63) is 24.3 Å². The molecule has 4 nitrogen and oxygen atoms in total. The number of halogens is 1. The van der Waals surface area contributed by atoms with Gasteiger partial charge in [-0.3, -0.25) is 5.01 Å². The predicted molar refractivity (Wildman–Crippen MR) is 68.2 cm³/mol. The van der Waals surface area contributed by atoms with Gasteiger partial charge in [0.15, 0.2) is 5.56 Å². The van der Waals surface area contributed by atoms with Gasteiger partial charge in [-0.15, -0.1) is 0 Å². The second kappa shape index (κ2) is 4.37. The Bertz CT molecular complexity index is 410. The predicted octanol–water partition coefficient (Wildman–Crippen LogP) is 1.40. The number of benzene rings is 1. The van der Waals surface area contributed by atoms with E-state index in [0.29, 0.717) is 0 Å². The van der Waals surface area contributed by atoms with E-state index in [1.807, 2.05) is 24.3 Å². The lowest BCUT2D eigenvalue weighted by Crippen LogP contribution is -2.58. The minimum Gasteiger partial charge on any atom is -0.470 e. The van der Waals surface area contributed by atoms with Crippen molar-refractivity contribution in [3.63, 3.8) is 0 Å². The molecule has 1 fully saturated rings. The number of ether oxygens (including phenoxy) is 1. The standard InChI is InChI=1S/C12H16ClN3O/c13-12-10(8-15-6-3-7-15)16(14)9-4-1-2-5-11(9)17-12/h1-2,4-5,10,12H,3,6-8,14H2. The van der Waals surface area contributed by atoms with E-state index in [0.717, 1.165) is 31.1 Å². The number of alkyl halides is 1. The zero-order valence-electron chi connectivity index (χ0n) is 9.55. The zero-order valence-corrected chi connectivity index (χ0v) is 10.3. The Morgan fingerprint density at radius 2 is 2.12 bits per heavy atom. The van der Waals surface area contributed by atoms with Crippen LogP contribution in [0.2, 0.25) is 0 Å². The van der Waals surface area contributed by atoms with E-state index in [1.165, 1.54) is 6.42 Å². The molecule has 0 spiro atoms. The highest BCUT2D eigenvalue weighted by Crippen LogP contribution is 2.35. The molecule has 2 aliphatic rings. The Labute approximate surface area is 106 Å². The van der Waals surface area contributed by atoms with E-state index in [1.54, 1.807) is 5.01 Å². The van der Waals surface area contributed by atoms with Crippen LogP contribution in [0.15, 0.2) is 24.3 Å². The molecule has 0 amide bonds. The van der Waals surface area contributed by atoms with Crippen molar-refractivity contribution in [2.24, 2.45) is 5.84 Å². The molecule has 2 heterocycles. The molecule has 2 aliphatic heterocycles. The van der Waals surface area contributed by atoms with Crippen LogP contribution >= 0.6 is 11.6 Å². The summed E-state index contributed by atoms with van der Waals surface area (Å²) < 4.78 is 5.70. The first kappa shape index (κ1) is 11.1. The molecule has 1 aromatic carbocycles. The number of rotatable bonds is 2. The lowest BCUT2D eigenvalue weighted by atomic mass is 10.1. The minimum atomic E-state index is -0.393. The van der Waals surface area contributed by atoms with Crippen LogP contribution in [-0.4, -0.2) is 36.1 Å². The summed E-state index contributed by atoms with van der Waals surface area (Å²) in [5, 5.41) is 1.74. The Hall–Kier alpha value is -0.970. The molecule has 2 unspecified atom stereocenters. The number of hydrogen-bond donors (Lipinski definition) is 1. The van der Waals surface area contributed by atoms with Gasteiger partial charge in [-0.1, -0.05) is 23.7 Å². The molecule has 3 rings (SSSR count). The molecule has 0 aliphatic carbocycles. The molecule has 92 valence electrons. The normalized spacial score (nSPS) is 28.2. The van der Waals surface area contributed by atoms with Gasteiger partial charge < -0.3 is 9.64 Å². The van der Waals surface area contributed by atoms with E-state index in [9.17, 15) is 0 Å². The monoisotopic (exact) mass is 253 g/mol. The minimum absolute atomic E-state index is 0.00636. The first-order valence-corrected chi connectivity index (χ1v) is 6.35. The van der Waals surface area contributed by atoms with Crippen molar-refractivity contribution < 1.29 is 4.74 Å². The smallest absolute Gasteiger partial charge is 0.195 e. The van der Waals surface area contributed by atoms with Crippen molar-refractivity contribution in [1.29, 1.82) is 0 Å². The van der Waals surface area contributed by atoms with E-state index in [2.05, 4.69) is 4.90 Å². The van der Waals surface area contributed by atoms with Crippen molar-refractivity contribution in [2.75, 3.05) is 24.6 Å². The van der Waals surface area contributed by atoms with Gasteiger partial charge in [0, 0.05) is 6.54 Å². The number of nitrogens with two attached hydrogens (primary N) is 1. The Kier molecular flexibility index (Phi) is 2.86. The maximum absolute atomic E-state index is 6.26. The lowest BCUT2D eigenvalue weighted by molar-refractivity contribution is 0.130. The number of likely N-dealkylation sites (tertiary alicyclic amines) is 1. The summed E-state index contributed by atoms with van der Waals surface area (Å²) in [6.07, 6.45) is 1.27. The highest BCUT2D eigenvalue weighted by molar-refractivity contribution is 6.20. The molecule has 0 bridgehead atoms. The van der Waals surface area contributed by atoms with Crippen molar-refractivity contribution in [2.45, 2.75) is 18.0 Å². The quantitative estimate of drug-likeness (QED) is 0.639. The fraction of sp³-hybridized carbons (Fsp3) is 0.500. The summed E-state index contributed by atoms with van der Waals surface area (Å²) in [5.74, 6) is 6.91. The number of anilines is 1. The van der Waals surface area contributed by atoms with E-state index in [-0.39, 0.29) is 6.04 Å². The van der Waals surface area contributed by atoms with Crippen LogP contribution in [0.3, 0.4) is 0 Å². The fourth-order valence-corrected chi connectivity index (χ4v) is 2.57. The van der Waals surface area contributed by atoms with Gasteiger partial charge in [0.1, 0.15) is 11.8 Å². The van der Waals surface area contributed by atoms with Gasteiger partial charge in [-0.25, -0.2) is 5.84 Å². The van der Waals surface area contributed by atoms with Crippen LogP contribution in [-0.2, 0) is 0 Å². The summed E-state index contributed by atoms with van der Waals surface area (Å²) in [7, 11) is 0. The molecule has 2 atom stereocenters. The molecule has 1 aromatic rings. The fourth-order valence-electron chi connectivity index (χ4n) is 2.27. The Morgan fingerprint density at radius 3 is 2.82 bits per heavy atom. The van der Waals surface area contributed by atoms with Gasteiger partial charge >= 0.3 is 0 Å². The summed E-state index contributed by atoms with van der Waals surface area (Å²) in [5.41, 5.74) is 0.519. The molecule has 17 heavy (non-hydrogen) atoms. The number of hydrazine groups is 1. The average Bonchev–Trinajstić information content (AvgIpc) is 2.26. The second-order valence-electron chi connectivity index (χ2n) is 4.57. The van der Waals surface area contributed by atoms with Crippen molar-refractivity contribution in [3.8, 4) is 5.75 Å². The lowest BCUT2D eigenvalue weighted by Gasteiger charge is -2.42. The SMILES string of the molecule is NN1c2ccccc2OC(Cl)C1CN1CCC1. The molecule has 0 saturated carbocycles. The topological polar surface area (TPSA) is 41.7 Å². The van der Waals surface area contributed by atoms with E-state index >= 15 is 0 Å². The van der Waals surface area contributed by atoms with Gasteiger partial charge in [0.25, 0.3) is 0 Å². The molecular weight excluding hydrogens is 238 g/mol. The third-order valence-corrected chi connectivity index (χ3v) is 3.82. The van der Waals surface area contributed by atoms with Gasteiger partial charge in [-0.2, -0.15) is 0 Å². The van der Waals surface area contributed by atoms with Gasteiger partial charge in [0.05, 0.1) is 5.69 Å². The molecule has 2 N–H and O–H groups in total. The van der Waals surface area contributed by atoms with Crippen LogP contribution in [0.4, 0.5) is 5.69 Å². The van der Waals surface area contributed by atoms with Crippen LogP contribution in [0.5, 0.6) is 5.75 Å². The second-order valence-corrected chi connectivity index (χ2v) is 5.00. The third kappa shape index (κ3) is 1.97. The molecule has 1 saturated heterocycles. The number of nitrogens with zero attached hydrogens (tertiary/aromatic N) is 2. The first-order chi connectivity index (χ1) is 8.25. The summed E-state index contributed by atoms with van der Waals surface area (Å²) in [4.78, 5) is 2.34. The van der Waals surface area contributed by atoms with Crippen LogP contribution in [0.25, 0.3) is 0 Å². The molecule has 0 radical (unpaired) electrons. The van der Waals surface area contributed by atoms with Crippen LogP contribution in [0.1, 0.15) is 6.42 Å². The maximum atomic E-state index is 6.26. The number of hydrogen-bond acceptors (Lipinski definition) is 4. The molecule has 5 heteroatoms. The highest BCUT2D eigenvalue weighted by Gasteiger charge is 2.35. The van der Waals surface area contributed by atoms with Gasteiger partial charge in [-0.05, 0) is 31.6 Å². The Balaban J connectivity index is 1.81. The van der Waals surface area contributed by atoms with Crippen molar-refractivity contribution >= 4 is 17.3 Å². The number of fused-ring (bicyclic) bond motifs is 1.